The summed E-state index contributed by atoms with van der Waals surface area (Å²) in [6.45, 7) is 1.64. The fraction of sp³-hybridized carbons (Fsp3) is 0.250. The average Bonchev–Trinajstić information content (AvgIpc) is 2.96. The molecule has 2 aromatic rings. The number of hydrogen-bond acceptors (Lipinski definition) is 4. The summed E-state index contributed by atoms with van der Waals surface area (Å²) >= 11 is 1.35. The van der Waals surface area contributed by atoms with Crippen LogP contribution in [0.15, 0.2) is 29.9 Å². The number of ketones is 2. The second-order valence-electron chi connectivity index (χ2n) is 3.83. The number of carbonyl (C=O) groups excluding carboxylic acids is 2. The molecule has 0 aliphatic rings. The molecule has 2 aromatic heterocycles. The van der Waals surface area contributed by atoms with Gasteiger partial charge in [-0.1, -0.05) is 6.07 Å². The Bertz CT molecular complexity index is 543. The van der Waals surface area contributed by atoms with Gasteiger partial charge < -0.3 is 0 Å². The van der Waals surface area contributed by atoms with Gasteiger partial charge in [0, 0.05) is 13.2 Å². The minimum absolute atomic E-state index is 0.131. The molecule has 0 amide bonds. The Hall–Kier alpha value is -1.75. The van der Waals surface area contributed by atoms with Crippen molar-refractivity contribution in [3.63, 3.8) is 0 Å². The van der Waals surface area contributed by atoms with E-state index in [-0.39, 0.29) is 11.6 Å². The van der Waals surface area contributed by atoms with E-state index in [0.717, 1.165) is 0 Å². The highest BCUT2D eigenvalue weighted by molar-refractivity contribution is 7.12. The van der Waals surface area contributed by atoms with Crippen molar-refractivity contribution < 1.29 is 9.59 Å². The van der Waals surface area contributed by atoms with E-state index in [1.807, 2.05) is 5.38 Å². The summed E-state index contributed by atoms with van der Waals surface area (Å²) < 4.78 is 1.55. The van der Waals surface area contributed by atoms with Gasteiger partial charge in [-0.15, -0.1) is 11.3 Å². The first kappa shape index (κ1) is 11.7. The van der Waals surface area contributed by atoms with Gasteiger partial charge in [0.05, 0.1) is 22.6 Å². The highest BCUT2D eigenvalue weighted by Gasteiger charge is 2.25. The molecule has 0 aliphatic carbocycles. The second-order valence-corrected chi connectivity index (χ2v) is 4.78. The molecule has 0 saturated heterocycles. The number of carbonyl (C=O) groups is 2. The largest absolute Gasteiger partial charge is 0.293 e. The molecule has 0 radical (unpaired) electrons. The molecule has 0 aromatic carbocycles. The van der Waals surface area contributed by atoms with E-state index in [9.17, 15) is 9.59 Å². The number of thiophene rings is 1. The van der Waals surface area contributed by atoms with Gasteiger partial charge >= 0.3 is 0 Å². The third-order valence-corrected chi connectivity index (χ3v) is 3.42. The maximum Gasteiger partial charge on any atom is 0.183 e. The van der Waals surface area contributed by atoms with Crippen LogP contribution in [0, 0.1) is 5.92 Å². The van der Waals surface area contributed by atoms with Gasteiger partial charge in [0.25, 0.3) is 0 Å². The smallest absolute Gasteiger partial charge is 0.183 e. The van der Waals surface area contributed by atoms with Crippen LogP contribution in [0.4, 0.5) is 0 Å². The Morgan fingerprint density at radius 2 is 2.18 bits per heavy atom. The predicted octanol–water partition coefficient (Wildman–Crippen LogP) is 2.18. The van der Waals surface area contributed by atoms with Gasteiger partial charge in [-0.05, 0) is 18.4 Å². The summed E-state index contributed by atoms with van der Waals surface area (Å²) in [5.74, 6) is -0.969. The molecule has 1 atom stereocenters. The SMILES string of the molecule is CC(C(=O)c1cnn(C)c1)C(=O)c1cccs1. The van der Waals surface area contributed by atoms with Crippen molar-refractivity contribution in [3.05, 3.63) is 40.3 Å². The molecule has 0 saturated carbocycles. The monoisotopic (exact) mass is 248 g/mol. The molecule has 0 N–H and O–H groups in total. The van der Waals surface area contributed by atoms with Crippen molar-refractivity contribution in [1.29, 1.82) is 0 Å². The molecule has 0 spiro atoms. The van der Waals surface area contributed by atoms with Crippen LogP contribution in [-0.4, -0.2) is 21.3 Å². The molecule has 4 nitrogen and oxygen atoms in total. The minimum atomic E-state index is -0.655. The fourth-order valence-electron chi connectivity index (χ4n) is 1.55. The van der Waals surface area contributed by atoms with Crippen molar-refractivity contribution in [1.82, 2.24) is 9.78 Å². The van der Waals surface area contributed by atoms with Crippen molar-refractivity contribution in [2.75, 3.05) is 0 Å². The summed E-state index contributed by atoms with van der Waals surface area (Å²) in [6.07, 6.45) is 3.11. The summed E-state index contributed by atoms with van der Waals surface area (Å²) in [4.78, 5) is 24.6. The van der Waals surface area contributed by atoms with E-state index >= 15 is 0 Å². The van der Waals surface area contributed by atoms with Crippen LogP contribution in [0.5, 0.6) is 0 Å². The third kappa shape index (κ3) is 2.34. The van der Waals surface area contributed by atoms with E-state index in [4.69, 9.17) is 0 Å². The maximum atomic E-state index is 12.0. The molecule has 0 bridgehead atoms. The summed E-state index contributed by atoms with van der Waals surface area (Å²) in [5.41, 5.74) is 0.477. The first-order valence-electron chi connectivity index (χ1n) is 5.20. The molecule has 5 heteroatoms. The van der Waals surface area contributed by atoms with Crippen LogP contribution in [0.1, 0.15) is 27.0 Å². The van der Waals surface area contributed by atoms with Crippen LogP contribution >= 0.6 is 11.3 Å². The van der Waals surface area contributed by atoms with Gasteiger partial charge in [-0.25, -0.2) is 0 Å². The lowest BCUT2D eigenvalue weighted by molar-refractivity contribution is 0.0823. The van der Waals surface area contributed by atoms with Gasteiger partial charge in [0.15, 0.2) is 11.6 Å². The lowest BCUT2D eigenvalue weighted by atomic mass is 9.96. The van der Waals surface area contributed by atoms with Crippen LogP contribution in [0.3, 0.4) is 0 Å². The second kappa shape index (κ2) is 4.63. The van der Waals surface area contributed by atoms with E-state index < -0.39 is 5.92 Å². The number of aromatic nitrogens is 2. The minimum Gasteiger partial charge on any atom is -0.293 e. The number of hydrogen-bond donors (Lipinski definition) is 0. The number of Topliss-reactive ketones (excluding diaryl/α,β-unsaturated/α-hetero) is 2. The fourth-order valence-corrected chi connectivity index (χ4v) is 2.30. The van der Waals surface area contributed by atoms with E-state index in [2.05, 4.69) is 5.10 Å². The zero-order valence-corrected chi connectivity index (χ0v) is 10.4. The van der Waals surface area contributed by atoms with Crippen molar-refractivity contribution in [2.24, 2.45) is 13.0 Å². The lowest BCUT2D eigenvalue weighted by Crippen LogP contribution is -2.20. The maximum absolute atomic E-state index is 12.0. The Balaban J connectivity index is 2.18. The van der Waals surface area contributed by atoms with Crippen LogP contribution in [0.2, 0.25) is 0 Å². The van der Waals surface area contributed by atoms with Crippen molar-refractivity contribution in [2.45, 2.75) is 6.92 Å². The van der Waals surface area contributed by atoms with Gasteiger partial charge in [-0.2, -0.15) is 5.10 Å². The van der Waals surface area contributed by atoms with Crippen molar-refractivity contribution in [3.8, 4) is 0 Å². The Kier molecular flexibility index (Phi) is 3.19. The molecule has 1 unspecified atom stereocenters. The third-order valence-electron chi connectivity index (χ3n) is 2.54. The zero-order valence-electron chi connectivity index (χ0n) is 9.58. The highest BCUT2D eigenvalue weighted by atomic mass is 32.1. The Morgan fingerprint density at radius 3 is 2.71 bits per heavy atom. The average molecular weight is 248 g/mol. The molecule has 17 heavy (non-hydrogen) atoms. The Morgan fingerprint density at radius 1 is 1.41 bits per heavy atom. The van der Waals surface area contributed by atoms with Gasteiger partial charge in [0.2, 0.25) is 0 Å². The van der Waals surface area contributed by atoms with E-state index in [1.165, 1.54) is 17.5 Å². The normalized spacial score (nSPS) is 12.4. The van der Waals surface area contributed by atoms with Gasteiger partial charge in [-0.3, -0.25) is 14.3 Å². The summed E-state index contributed by atoms with van der Waals surface area (Å²) in [7, 11) is 1.74. The molecule has 2 rings (SSSR count). The van der Waals surface area contributed by atoms with Crippen molar-refractivity contribution >= 4 is 22.9 Å². The predicted molar refractivity (Wildman–Crippen MR) is 65.4 cm³/mol. The number of nitrogens with zero attached hydrogens (tertiary/aromatic N) is 2. The molecular formula is C12H12N2O2S. The topological polar surface area (TPSA) is 52.0 Å². The molecule has 2 heterocycles. The first-order valence-corrected chi connectivity index (χ1v) is 6.08. The summed E-state index contributed by atoms with van der Waals surface area (Å²) in [6, 6.07) is 3.54. The van der Waals surface area contributed by atoms with E-state index in [0.29, 0.717) is 10.4 Å². The Labute approximate surface area is 103 Å². The first-order chi connectivity index (χ1) is 8.09. The molecule has 0 aliphatic heterocycles. The van der Waals surface area contributed by atoms with Crippen LogP contribution in [0.25, 0.3) is 0 Å². The summed E-state index contributed by atoms with van der Waals surface area (Å²) in [5, 5.41) is 5.76. The number of aryl methyl sites for hydroxylation is 1. The van der Waals surface area contributed by atoms with E-state index in [1.54, 1.807) is 37.0 Å². The molecule has 88 valence electrons. The van der Waals surface area contributed by atoms with Crippen LogP contribution in [-0.2, 0) is 7.05 Å². The van der Waals surface area contributed by atoms with Crippen LogP contribution < -0.4 is 0 Å². The highest BCUT2D eigenvalue weighted by Crippen LogP contribution is 2.17. The number of rotatable bonds is 4. The quantitative estimate of drug-likeness (QED) is 0.615. The molecule has 0 fully saturated rings. The van der Waals surface area contributed by atoms with Gasteiger partial charge in [0.1, 0.15) is 0 Å². The standard InChI is InChI=1S/C12H12N2O2S/c1-8(12(16)10-4-3-5-17-10)11(15)9-6-13-14(2)7-9/h3-8H,1-2H3. The molecular weight excluding hydrogens is 236 g/mol. The lowest BCUT2D eigenvalue weighted by Gasteiger charge is -2.05. The zero-order chi connectivity index (χ0) is 12.4.